The van der Waals surface area contributed by atoms with Gasteiger partial charge in [0.05, 0.1) is 6.54 Å². The third-order valence-corrected chi connectivity index (χ3v) is 6.62. The van der Waals surface area contributed by atoms with Gasteiger partial charge in [0.1, 0.15) is 0 Å². The van der Waals surface area contributed by atoms with E-state index in [2.05, 4.69) is 53.1 Å². The fourth-order valence-corrected chi connectivity index (χ4v) is 5.05. The van der Waals surface area contributed by atoms with Crippen molar-refractivity contribution in [3.05, 3.63) is 57.3 Å². The zero-order valence-corrected chi connectivity index (χ0v) is 17.0. The van der Waals surface area contributed by atoms with Crippen molar-refractivity contribution in [1.82, 2.24) is 14.7 Å². The van der Waals surface area contributed by atoms with E-state index in [1.54, 1.807) is 0 Å². The maximum Gasteiger partial charge on any atom is 0.237 e. The smallest absolute Gasteiger partial charge is 0.237 e. The monoisotopic (exact) mass is 383 g/mol. The van der Waals surface area contributed by atoms with Gasteiger partial charge in [-0.05, 0) is 50.6 Å². The number of likely N-dealkylation sites (tertiary alicyclic amines) is 1. The van der Waals surface area contributed by atoms with Gasteiger partial charge in [0.15, 0.2) is 0 Å². The highest BCUT2D eigenvalue weighted by Gasteiger charge is 2.24. The molecule has 144 valence electrons. The van der Waals surface area contributed by atoms with E-state index in [9.17, 15) is 4.79 Å². The lowest BCUT2D eigenvalue weighted by Gasteiger charge is -2.34. The highest BCUT2D eigenvalue weighted by atomic mass is 32.1. The Balaban J connectivity index is 1.27. The molecule has 0 aliphatic carbocycles. The summed E-state index contributed by atoms with van der Waals surface area (Å²) in [5.41, 5.74) is 2.47. The molecule has 0 N–H and O–H groups in total. The van der Waals surface area contributed by atoms with Gasteiger partial charge < -0.3 is 4.90 Å². The second kappa shape index (κ2) is 8.55. The van der Waals surface area contributed by atoms with Crippen LogP contribution in [0.3, 0.4) is 0 Å². The van der Waals surface area contributed by atoms with Crippen molar-refractivity contribution >= 4 is 17.2 Å². The van der Waals surface area contributed by atoms with E-state index in [-0.39, 0.29) is 5.91 Å². The Morgan fingerprint density at radius 3 is 2.15 bits per heavy atom. The average Bonchev–Trinajstić information content (AvgIpc) is 3.32. The zero-order chi connectivity index (χ0) is 18.6. The van der Waals surface area contributed by atoms with E-state index in [1.165, 1.54) is 46.8 Å². The van der Waals surface area contributed by atoms with Crippen molar-refractivity contribution in [1.29, 1.82) is 0 Å². The number of thiophene rings is 1. The number of carbonyl (C=O) groups excluding carboxylic acids is 1. The van der Waals surface area contributed by atoms with E-state index in [1.807, 2.05) is 16.2 Å². The normalized spacial score (nSPS) is 19.1. The molecule has 0 saturated carbocycles. The Kier molecular flexibility index (Phi) is 5.91. The molecule has 0 unspecified atom stereocenters. The summed E-state index contributed by atoms with van der Waals surface area (Å²) in [6.45, 7) is 9.60. The lowest BCUT2D eigenvalue weighted by atomic mass is 10.1. The van der Waals surface area contributed by atoms with Crippen LogP contribution in [0.1, 0.15) is 33.7 Å². The van der Waals surface area contributed by atoms with Crippen molar-refractivity contribution < 1.29 is 4.79 Å². The Bertz CT molecular complexity index is 764. The molecule has 0 spiro atoms. The number of amides is 1. The third kappa shape index (κ3) is 4.98. The van der Waals surface area contributed by atoms with Crippen LogP contribution in [0.5, 0.6) is 0 Å². The Hall–Kier alpha value is -1.69. The minimum atomic E-state index is 0.246. The molecule has 0 bridgehead atoms. The van der Waals surface area contributed by atoms with Gasteiger partial charge in [-0.15, -0.1) is 11.3 Å². The van der Waals surface area contributed by atoms with E-state index in [0.717, 1.165) is 32.7 Å². The molecule has 2 saturated heterocycles. The lowest BCUT2D eigenvalue weighted by molar-refractivity contribution is -0.136. The largest absolute Gasteiger partial charge is 0.336 e. The molecule has 4 rings (SSSR count). The molecule has 3 heterocycles. The van der Waals surface area contributed by atoms with Crippen molar-refractivity contribution in [2.75, 3.05) is 32.7 Å². The first kappa shape index (κ1) is 18.7. The number of hydrogen-bond donors (Lipinski definition) is 0. The van der Waals surface area contributed by atoms with Gasteiger partial charge >= 0.3 is 0 Å². The SMILES string of the molecule is Cc1ccc(CN2CCN(Cc3ccc(CN4CCCC4)s3)CC2=O)cc1. The first-order chi connectivity index (χ1) is 13.2. The predicted octanol–water partition coefficient (Wildman–Crippen LogP) is 3.50. The van der Waals surface area contributed by atoms with Crippen LogP contribution in [0.4, 0.5) is 0 Å². The number of carbonyl (C=O) groups is 1. The van der Waals surface area contributed by atoms with Crippen LogP contribution in [0.15, 0.2) is 36.4 Å². The summed E-state index contributed by atoms with van der Waals surface area (Å²) in [6.07, 6.45) is 2.68. The number of benzene rings is 1. The first-order valence-electron chi connectivity index (χ1n) is 10.0. The molecule has 2 aromatic rings. The molecule has 2 aliphatic heterocycles. The highest BCUT2D eigenvalue weighted by Crippen LogP contribution is 2.22. The topological polar surface area (TPSA) is 26.8 Å². The number of nitrogens with zero attached hydrogens (tertiary/aromatic N) is 3. The molecule has 5 heteroatoms. The second-order valence-corrected chi connectivity index (χ2v) is 9.12. The van der Waals surface area contributed by atoms with Gasteiger partial charge in [-0.1, -0.05) is 29.8 Å². The van der Waals surface area contributed by atoms with Crippen LogP contribution in [-0.4, -0.2) is 53.3 Å². The fourth-order valence-electron chi connectivity index (χ4n) is 3.95. The van der Waals surface area contributed by atoms with E-state index >= 15 is 0 Å². The Morgan fingerprint density at radius 2 is 1.48 bits per heavy atom. The summed E-state index contributed by atoms with van der Waals surface area (Å²) in [7, 11) is 0. The second-order valence-electron chi connectivity index (χ2n) is 7.86. The maximum absolute atomic E-state index is 12.6. The molecule has 0 radical (unpaired) electrons. The fraction of sp³-hybridized carbons (Fsp3) is 0.500. The summed E-state index contributed by atoms with van der Waals surface area (Å²) >= 11 is 1.91. The molecular formula is C22H29N3OS. The number of piperazine rings is 1. The van der Waals surface area contributed by atoms with Gasteiger partial charge in [-0.25, -0.2) is 0 Å². The van der Waals surface area contributed by atoms with Crippen LogP contribution in [0.25, 0.3) is 0 Å². The Labute approximate surface area is 166 Å². The van der Waals surface area contributed by atoms with Crippen molar-refractivity contribution in [3.8, 4) is 0 Å². The van der Waals surface area contributed by atoms with Gasteiger partial charge in [-0.3, -0.25) is 14.6 Å². The lowest BCUT2D eigenvalue weighted by Crippen LogP contribution is -2.49. The summed E-state index contributed by atoms with van der Waals surface area (Å²) in [4.78, 5) is 22.2. The minimum Gasteiger partial charge on any atom is -0.336 e. The van der Waals surface area contributed by atoms with Crippen molar-refractivity contribution in [2.45, 2.75) is 39.4 Å². The van der Waals surface area contributed by atoms with Crippen molar-refractivity contribution in [3.63, 3.8) is 0 Å². The van der Waals surface area contributed by atoms with Crippen LogP contribution < -0.4 is 0 Å². The highest BCUT2D eigenvalue weighted by molar-refractivity contribution is 7.11. The van der Waals surface area contributed by atoms with Gasteiger partial charge in [0.25, 0.3) is 0 Å². The molecular weight excluding hydrogens is 354 g/mol. The number of rotatable bonds is 6. The number of hydrogen-bond acceptors (Lipinski definition) is 4. The van der Waals surface area contributed by atoms with E-state index in [4.69, 9.17) is 0 Å². The summed E-state index contributed by atoms with van der Waals surface area (Å²) in [6, 6.07) is 13.0. The molecule has 27 heavy (non-hydrogen) atoms. The summed E-state index contributed by atoms with van der Waals surface area (Å²) < 4.78 is 0. The molecule has 2 aliphatic rings. The third-order valence-electron chi connectivity index (χ3n) is 5.57. The zero-order valence-electron chi connectivity index (χ0n) is 16.2. The van der Waals surface area contributed by atoms with Crippen LogP contribution in [0.2, 0.25) is 0 Å². The number of aryl methyl sites for hydroxylation is 1. The molecule has 2 fully saturated rings. The quantitative estimate of drug-likeness (QED) is 0.764. The van der Waals surface area contributed by atoms with Gasteiger partial charge in [0.2, 0.25) is 5.91 Å². The predicted molar refractivity (Wildman–Crippen MR) is 111 cm³/mol. The van der Waals surface area contributed by atoms with Crippen LogP contribution in [0, 0.1) is 6.92 Å². The molecule has 0 atom stereocenters. The molecule has 1 amide bonds. The molecule has 1 aromatic carbocycles. The average molecular weight is 384 g/mol. The summed E-state index contributed by atoms with van der Waals surface area (Å²) in [5.74, 6) is 0.246. The standard InChI is InChI=1S/C22H29N3OS/c1-18-4-6-19(7-5-18)14-25-13-12-24(17-22(25)26)16-21-9-8-20(27-21)15-23-10-2-3-11-23/h4-9H,2-3,10-17H2,1H3. The summed E-state index contributed by atoms with van der Waals surface area (Å²) in [5, 5.41) is 0. The van der Waals surface area contributed by atoms with Crippen LogP contribution in [-0.2, 0) is 24.4 Å². The van der Waals surface area contributed by atoms with Crippen molar-refractivity contribution in [2.24, 2.45) is 0 Å². The first-order valence-corrected chi connectivity index (χ1v) is 10.8. The Morgan fingerprint density at radius 1 is 0.815 bits per heavy atom. The van der Waals surface area contributed by atoms with Crippen LogP contribution >= 0.6 is 11.3 Å². The molecule has 4 nitrogen and oxygen atoms in total. The minimum absolute atomic E-state index is 0.246. The maximum atomic E-state index is 12.6. The van der Waals surface area contributed by atoms with Gasteiger partial charge in [-0.2, -0.15) is 0 Å². The van der Waals surface area contributed by atoms with E-state index in [0.29, 0.717) is 6.54 Å². The van der Waals surface area contributed by atoms with E-state index < -0.39 is 0 Å². The van der Waals surface area contributed by atoms with Gasteiger partial charge in [0, 0.05) is 42.5 Å². The molecule has 1 aromatic heterocycles.